The van der Waals surface area contributed by atoms with E-state index >= 15 is 0 Å². The quantitative estimate of drug-likeness (QED) is 0.770. The van der Waals surface area contributed by atoms with E-state index < -0.39 is 0 Å². The number of aryl methyl sites for hydroxylation is 1. The SMILES string of the molecule is Cc1coc(NCC2CCCO2)n1. The Labute approximate surface area is 77.3 Å². The van der Waals surface area contributed by atoms with Crippen molar-refractivity contribution in [2.24, 2.45) is 0 Å². The largest absolute Gasteiger partial charge is 0.432 e. The summed E-state index contributed by atoms with van der Waals surface area (Å²) in [5, 5.41) is 3.10. The van der Waals surface area contributed by atoms with Crippen LogP contribution in [0.5, 0.6) is 0 Å². The maximum atomic E-state index is 5.45. The van der Waals surface area contributed by atoms with Gasteiger partial charge in [-0.1, -0.05) is 0 Å². The highest BCUT2D eigenvalue weighted by Gasteiger charge is 2.15. The highest BCUT2D eigenvalue weighted by atomic mass is 16.5. The van der Waals surface area contributed by atoms with Crippen LogP contribution in [0, 0.1) is 6.92 Å². The van der Waals surface area contributed by atoms with Crippen LogP contribution in [0.1, 0.15) is 18.5 Å². The second-order valence-electron chi connectivity index (χ2n) is 3.31. The van der Waals surface area contributed by atoms with Crippen molar-refractivity contribution in [2.45, 2.75) is 25.9 Å². The molecule has 1 unspecified atom stereocenters. The average Bonchev–Trinajstić information content (AvgIpc) is 2.71. The van der Waals surface area contributed by atoms with Gasteiger partial charge in [-0.05, 0) is 19.8 Å². The third-order valence-corrected chi connectivity index (χ3v) is 2.12. The molecule has 0 radical (unpaired) electrons. The Morgan fingerprint density at radius 3 is 3.23 bits per heavy atom. The predicted octanol–water partition coefficient (Wildman–Crippen LogP) is 1.57. The molecule has 2 rings (SSSR count). The minimum atomic E-state index is 0.326. The van der Waals surface area contributed by atoms with Gasteiger partial charge >= 0.3 is 0 Å². The van der Waals surface area contributed by atoms with Gasteiger partial charge in [0.05, 0.1) is 11.8 Å². The van der Waals surface area contributed by atoms with Gasteiger partial charge in [0.1, 0.15) is 6.26 Å². The number of hydrogen-bond donors (Lipinski definition) is 1. The fourth-order valence-electron chi connectivity index (χ4n) is 1.44. The first-order chi connectivity index (χ1) is 6.34. The van der Waals surface area contributed by atoms with Crippen molar-refractivity contribution in [3.63, 3.8) is 0 Å². The van der Waals surface area contributed by atoms with E-state index in [-0.39, 0.29) is 0 Å². The lowest BCUT2D eigenvalue weighted by Gasteiger charge is -2.08. The molecular weight excluding hydrogens is 168 g/mol. The van der Waals surface area contributed by atoms with Crippen LogP contribution in [0.3, 0.4) is 0 Å². The summed E-state index contributed by atoms with van der Waals surface area (Å²) in [5.41, 5.74) is 0.898. The van der Waals surface area contributed by atoms with Gasteiger partial charge < -0.3 is 14.5 Å². The molecule has 1 saturated heterocycles. The van der Waals surface area contributed by atoms with Gasteiger partial charge in [0, 0.05) is 13.2 Å². The van der Waals surface area contributed by atoms with E-state index in [0.29, 0.717) is 12.1 Å². The highest BCUT2D eigenvalue weighted by Crippen LogP contribution is 2.13. The summed E-state index contributed by atoms with van der Waals surface area (Å²) in [7, 11) is 0. The number of hydrogen-bond acceptors (Lipinski definition) is 4. The van der Waals surface area contributed by atoms with Gasteiger partial charge in [0.15, 0.2) is 0 Å². The molecule has 0 aliphatic carbocycles. The van der Waals surface area contributed by atoms with Crippen molar-refractivity contribution >= 4 is 6.01 Å². The molecule has 0 spiro atoms. The number of nitrogens with one attached hydrogen (secondary N) is 1. The van der Waals surface area contributed by atoms with Gasteiger partial charge in [-0.25, -0.2) is 0 Å². The van der Waals surface area contributed by atoms with Crippen LogP contribution in [0.4, 0.5) is 6.01 Å². The van der Waals surface area contributed by atoms with Gasteiger partial charge in [-0.15, -0.1) is 0 Å². The molecule has 1 aromatic rings. The first kappa shape index (κ1) is 8.56. The molecule has 4 nitrogen and oxygen atoms in total. The molecule has 1 aliphatic rings. The molecule has 0 amide bonds. The Balaban J connectivity index is 1.78. The molecule has 1 fully saturated rings. The Morgan fingerprint density at radius 2 is 2.62 bits per heavy atom. The number of rotatable bonds is 3. The molecule has 4 heteroatoms. The summed E-state index contributed by atoms with van der Waals surface area (Å²) in [4.78, 5) is 4.14. The highest BCUT2D eigenvalue weighted by molar-refractivity contribution is 5.20. The van der Waals surface area contributed by atoms with Gasteiger partial charge in [-0.3, -0.25) is 0 Å². The van der Waals surface area contributed by atoms with Crippen LogP contribution in [-0.4, -0.2) is 24.2 Å². The van der Waals surface area contributed by atoms with Gasteiger partial charge in [0.2, 0.25) is 0 Å². The second-order valence-corrected chi connectivity index (χ2v) is 3.31. The van der Waals surface area contributed by atoms with Crippen molar-refractivity contribution in [1.82, 2.24) is 4.98 Å². The van der Waals surface area contributed by atoms with E-state index in [2.05, 4.69) is 10.3 Å². The molecule has 72 valence electrons. The van der Waals surface area contributed by atoms with E-state index in [0.717, 1.165) is 31.7 Å². The molecule has 0 bridgehead atoms. The van der Waals surface area contributed by atoms with Crippen LogP contribution in [0.25, 0.3) is 0 Å². The molecule has 1 atom stereocenters. The first-order valence-electron chi connectivity index (χ1n) is 4.62. The number of aromatic nitrogens is 1. The van der Waals surface area contributed by atoms with Crippen molar-refractivity contribution in [3.8, 4) is 0 Å². The minimum absolute atomic E-state index is 0.326. The lowest BCUT2D eigenvalue weighted by Crippen LogP contribution is -2.18. The summed E-state index contributed by atoms with van der Waals surface area (Å²) in [6, 6.07) is 0.591. The molecule has 0 saturated carbocycles. The summed E-state index contributed by atoms with van der Waals surface area (Å²) in [6.45, 7) is 3.58. The molecule has 0 aromatic carbocycles. The summed E-state index contributed by atoms with van der Waals surface area (Å²) in [6.07, 6.45) is 4.26. The smallest absolute Gasteiger partial charge is 0.294 e. The van der Waals surface area contributed by atoms with E-state index in [1.54, 1.807) is 6.26 Å². The summed E-state index contributed by atoms with van der Waals surface area (Å²) >= 11 is 0. The Hall–Kier alpha value is -1.03. The van der Waals surface area contributed by atoms with Crippen LogP contribution in [-0.2, 0) is 4.74 Å². The first-order valence-corrected chi connectivity index (χ1v) is 4.62. The molecular formula is C9H14N2O2. The van der Waals surface area contributed by atoms with E-state index in [1.165, 1.54) is 0 Å². The number of oxazole rings is 1. The minimum Gasteiger partial charge on any atom is -0.432 e. The molecule has 1 aromatic heterocycles. The summed E-state index contributed by atoms with van der Waals surface area (Å²) in [5.74, 6) is 0. The lowest BCUT2D eigenvalue weighted by molar-refractivity contribution is 0.120. The Kier molecular flexibility index (Phi) is 2.49. The number of ether oxygens (including phenoxy) is 1. The standard InChI is InChI=1S/C9H14N2O2/c1-7-6-13-9(11-7)10-5-8-3-2-4-12-8/h6,8H,2-5H2,1H3,(H,10,11). The van der Waals surface area contributed by atoms with Gasteiger partial charge in [0.25, 0.3) is 6.01 Å². The van der Waals surface area contributed by atoms with Crippen LogP contribution in [0.2, 0.25) is 0 Å². The van der Waals surface area contributed by atoms with Crippen molar-refractivity contribution in [1.29, 1.82) is 0 Å². The Morgan fingerprint density at radius 1 is 1.69 bits per heavy atom. The van der Waals surface area contributed by atoms with Crippen molar-refractivity contribution in [2.75, 3.05) is 18.5 Å². The maximum Gasteiger partial charge on any atom is 0.294 e. The normalized spacial score (nSPS) is 22.1. The summed E-state index contributed by atoms with van der Waals surface area (Å²) < 4.78 is 10.6. The van der Waals surface area contributed by atoms with E-state index in [9.17, 15) is 0 Å². The zero-order chi connectivity index (χ0) is 9.10. The fourth-order valence-corrected chi connectivity index (χ4v) is 1.44. The van der Waals surface area contributed by atoms with E-state index in [1.807, 2.05) is 6.92 Å². The number of anilines is 1. The van der Waals surface area contributed by atoms with Crippen LogP contribution in [0.15, 0.2) is 10.7 Å². The van der Waals surface area contributed by atoms with Crippen LogP contribution >= 0.6 is 0 Å². The molecule has 1 N–H and O–H groups in total. The van der Waals surface area contributed by atoms with Gasteiger partial charge in [-0.2, -0.15) is 4.98 Å². The van der Waals surface area contributed by atoms with E-state index in [4.69, 9.17) is 9.15 Å². The fraction of sp³-hybridized carbons (Fsp3) is 0.667. The molecule has 2 heterocycles. The average molecular weight is 182 g/mol. The number of nitrogens with zero attached hydrogens (tertiary/aromatic N) is 1. The van der Waals surface area contributed by atoms with Crippen molar-refractivity contribution in [3.05, 3.63) is 12.0 Å². The Bertz CT molecular complexity index is 266. The molecule has 13 heavy (non-hydrogen) atoms. The lowest BCUT2D eigenvalue weighted by atomic mass is 10.2. The third kappa shape index (κ3) is 2.21. The second kappa shape index (κ2) is 3.79. The zero-order valence-electron chi connectivity index (χ0n) is 7.75. The maximum absolute atomic E-state index is 5.45. The topological polar surface area (TPSA) is 47.3 Å². The monoisotopic (exact) mass is 182 g/mol. The predicted molar refractivity (Wildman–Crippen MR) is 48.7 cm³/mol. The zero-order valence-corrected chi connectivity index (χ0v) is 7.75. The third-order valence-electron chi connectivity index (χ3n) is 2.12. The van der Waals surface area contributed by atoms with Crippen LogP contribution < -0.4 is 5.32 Å². The molecule has 1 aliphatic heterocycles. The van der Waals surface area contributed by atoms with Crippen molar-refractivity contribution < 1.29 is 9.15 Å².